The van der Waals surface area contributed by atoms with Crippen molar-refractivity contribution in [2.24, 2.45) is 0 Å². The van der Waals surface area contributed by atoms with Gasteiger partial charge in [-0.05, 0) is 53.2 Å². The Hall–Kier alpha value is -3.00. The van der Waals surface area contributed by atoms with Crippen molar-refractivity contribution >= 4 is 27.7 Å². The molecule has 1 aliphatic rings. The summed E-state index contributed by atoms with van der Waals surface area (Å²) in [5.41, 5.74) is 1.79. The minimum absolute atomic E-state index is 0.180. The summed E-state index contributed by atoms with van der Waals surface area (Å²) in [5.74, 6) is 1.32. The number of esters is 1. The largest absolute Gasteiger partial charge is 0.489 e. The SMILES string of the molecule is CCOC(=O)c1cncc(-c2ccc(N3CCC(Oc4ccccc4Br)CC3)nn2)c1. The van der Waals surface area contributed by atoms with E-state index in [0.717, 1.165) is 47.5 Å². The van der Waals surface area contributed by atoms with E-state index < -0.39 is 5.97 Å². The van der Waals surface area contributed by atoms with Crippen molar-refractivity contribution in [2.75, 3.05) is 24.6 Å². The summed E-state index contributed by atoms with van der Waals surface area (Å²) in [5, 5.41) is 8.74. The average Bonchev–Trinajstić information content (AvgIpc) is 2.81. The van der Waals surface area contributed by atoms with E-state index in [1.165, 1.54) is 6.20 Å². The fourth-order valence-electron chi connectivity index (χ4n) is 3.48. The Morgan fingerprint density at radius 1 is 1.13 bits per heavy atom. The highest BCUT2D eigenvalue weighted by Gasteiger charge is 2.22. The number of para-hydroxylation sites is 1. The molecule has 0 N–H and O–H groups in total. The van der Waals surface area contributed by atoms with Crippen LogP contribution in [0, 0.1) is 0 Å². The maximum absolute atomic E-state index is 11.9. The molecule has 2 aromatic heterocycles. The third-order valence-corrected chi connectivity index (χ3v) is 5.75. The Kier molecular flexibility index (Phi) is 6.76. The molecule has 0 unspecified atom stereocenters. The van der Waals surface area contributed by atoms with Crippen LogP contribution in [0.1, 0.15) is 30.1 Å². The number of halogens is 1. The number of aromatic nitrogens is 3. The van der Waals surface area contributed by atoms with Crippen LogP contribution in [-0.4, -0.2) is 47.0 Å². The van der Waals surface area contributed by atoms with Gasteiger partial charge < -0.3 is 14.4 Å². The van der Waals surface area contributed by atoms with Gasteiger partial charge in [-0.2, -0.15) is 0 Å². The van der Waals surface area contributed by atoms with Crippen molar-refractivity contribution < 1.29 is 14.3 Å². The van der Waals surface area contributed by atoms with E-state index in [1.807, 2.05) is 36.4 Å². The summed E-state index contributed by atoms with van der Waals surface area (Å²) >= 11 is 3.53. The average molecular weight is 483 g/mol. The lowest BCUT2D eigenvalue weighted by Crippen LogP contribution is -2.38. The van der Waals surface area contributed by atoms with E-state index in [0.29, 0.717) is 17.9 Å². The summed E-state index contributed by atoms with van der Waals surface area (Å²) < 4.78 is 12.1. The number of pyridine rings is 1. The first kappa shape index (κ1) is 21.2. The van der Waals surface area contributed by atoms with Crippen LogP contribution in [0.5, 0.6) is 5.75 Å². The maximum Gasteiger partial charge on any atom is 0.339 e. The van der Waals surface area contributed by atoms with Crippen LogP contribution >= 0.6 is 15.9 Å². The molecular weight excluding hydrogens is 460 g/mol. The first-order valence-electron chi connectivity index (χ1n) is 10.3. The third-order valence-electron chi connectivity index (χ3n) is 5.09. The quantitative estimate of drug-likeness (QED) is 0.477. The van der Waals surface area contributed by atoms with Crippen molar-refractivity contribution in [3.63, 3.8) is 0 Å². The minimum Gasteiger partial charge on any atom is -0.489 e. The number of carbonyl (C=O) groups is 1. The second-order valence-corrected chi connectivity index (χ2v) is 8.05. The van der Waals surface area contributed by atoms with E-state index in [9.17, 15) is 4.79 Å². The van der Waals surface area contributed by atoms with Crippen molar-refractivity contribution in [1.82, 2.24) is 15.2 Å². The molecule has 7 nitrogen and oxygen atoms in total. The Morgan fingerprint density at radius 2 is 1.94 bits per heavy atom. The predicted octanol–water partition coefficient (Wildman–Crippen LogP) is 4.53. The molecule has 1 aliphatic heterocycles. The number of benzene rings is 1. The van der Waals surface area contributed by atoms with Crippen molar-refractivity contribution in [3.05, 3.63) is 64.9 Å². The smallest absolute Gasteiger partial charge is 0.339 e. The van der Waals surface area contributed by atoms with E-state index in [-0.39, 0.29) is 6.10 Å². The van der Waals surface area contributed by atoms with Crippen LogP contribution in [0.4, 0.5) is 5.82 Å². The number of hydrogen-bond donors (Lipinski definition) is 0. The Balaban J connectivity index is 1.38. The summed E-state index contributed by atoms with van der Waals surface area (Å²) in [6.07, 6.45) is 5.16. The summed E-state index contributed by atoms with van der Waals surface area (Å²) in [6.45, 7) is 3.79. The summed E-state index contributed by atoms with van der Waals surface area (Å²) in [7, 11) is 0. The van der Waals surface area contributed by atoms with E-state index in [4.69, 9.17) is 9.47 Å². The molecule has 3 aromatic rings. The number of piperidine rings is 1. The van der Waals surface area contributed by atoms with Crippen LogP contribution in [0.2, 0.25) is 0 Å². The van der Waals surface area contributed by atoms with Gasteiger partial charge in [-0.25, -0.2) is 4.79 Å². The Labute approximate surface area is 189 Å². The highest BCUT2D eigenvalue weighted by atomic mass is 79.9. The normalized spacial score (nSPS) is 14.3. The molecule has 0 bridgehead atoms. The first-order valence-corrected chi connectivity index (χ1v) is 11.1. The molecule has 0 atom stereocenters. The lowest BCUT2D eigenvalue weighted by Gasteiger charge is -2.32. The fourth-order valence-corrected chi connectivity index (χ4v) is 3.85. The second kappa shape index (κ2) is 9.87. The zero-order valence-corrected chi connectivity index (χ0v) is 18.8. The summed E-state index contributed by atoms with van der Waals surface area (Å²) in [4.78, 5) is 18.3. The number of carbonyl (C=O) groups excluding carboxylic acids is 1. The van der Waals surface area contributed by atoms with Crippen molar-refractivity contribution in [2.45, 2.75) is 25.9 Å². The van der Waals surface area contributed by atoms with Gasteiger partial charge in [0.15, 0.2) is 5.82 Å². The van der Waals surface area contributed by atoms with Crippen molar-refractivity contribution in [3.8, 4) is 17.0 Å². The molecule has 160 valence electrons. The van der Waals surface area contributed by atoms with Gasteiger partial charge in [0.05, 0.1) is 22.3 Å². The molecule has 1 fully saturated rings. The third kappa shape index (κ3) is 5.19. The Morgan fingerprint density at radius 3 is 2.65 bits per heavy atom. The van der Waals surface area contributed by atoms with Crippen LogP contribution in [0.15, 0.2) is 59.3 Å². The highest BCUT2D eigenvalue weighted by Crippen LogP contribution is 2.28. The lowest BCUT2D eigenvalue weighted by atomic mass is 10.1. The molecule has 8 heteroatoms. The van der Waals surface area contributed by atoms with E-state index in [1.54, 1.807) is 19.2 Å². The molecule has 31 heavy (non-hydrogen) atoms. The maximum atomic E-state index is 11.9. The molecular formula is C23H23BrN4O3. The number of ether oxygens (including phenoxy) is 2. The van der Waals surface area contributed by atoms with Gasteiger partial charge in [-0.3, -0.25) is 4.98 Å². The predicted molar refractivity (Wildman–Crippen MR) is 121 cm³/mol. The van der Waals surface area contributed by atoms with Crippen LogP contribution < -0.4 is 9.64 Å². The van der Waals surface area contributed by atoms with Crippen LogP contribution in [0.25, 0.3) is 11.3 Å². The molecule has 0 spiro atoms. The molecule has 1 saturated heterocycles. The van der Waals surface area contributed by atoms with Gasteiger partial charge in [0, 0.05) is 43.9 Å². The molecule has 0 radical (unpaired) electrons. The topological polar surface area (TPSA) is 77.4 Å². The standard InChI is InChI=1S/C23H23BrN4O3/c1-2-30-23(29)17-13-16(14-25-15-17)20-7-8-22(27-26-20)28-11-9-18(10-12-28)31-21-6-4-3-5-19(21)24/h3-8,13-15,18H,2,9-12H2,1H3. The van der Waals surface area contributed by atoms with Crippen LogP contribution in [0.3, 0.4) is 0 Å². The number of hydrogen-bond acceptors (Lipinski definition) is 7. The van der Waals surface area contributed by atoms with Gasteiger partial charge in [-0.15, -0.1) is 10.2 Å². The van der Waals surface area contributed by atoms with Gasteiger partial charge in [0.1, 0.15) is 11.9 Å². The van der Waals surface area contributed by atoms with Crippen molar-refractivity contribution in [1.29, 1.82) is 0 Å². The highest BCUT2D eigenvalue weighted by molar-refractivity contribution is 9.10. The monoisotopic (exact) mass is 482 g/mol. The number of nitrogens with zero attached hydrogens (tertiary/aromatic N) is 4. The molecule has 0 amide bonds. The van der Waals surface area contributed by atoms with Crippen LogP contribution in [-0.2, 0) is 4.74 Å². The summed E-state index contributed by atoms with van der Waals surface area (Å²) in [6, 6.07) is 13.5. The van der Waals surface area contributed by atoms with Gasteiger partial charge in [0.2, 0.25) is 0 Å². The van der Waals surface area contributed by atoms with Gasteiger partial charge in [-0.1, -0.05) is 12.1 Å². The van der Waals surface area contributed by atoms with Gasteiger partial charge >= 0.3 is 5.97 Å². The van der Waals surface area contributed by atoms with E-state index in [2.05, 4.69) is 36.0 Å². The molecule has 4 rings (SSSR count). The zero-order valence-electron chi connectivity index (χ0n) is 17.2. The zero-order chi connectivity index (χ0) is 21.6. The molecule has 0 aliphatic carbocycles. The first-order chi connectivity index (χ1) is 15.1. The number of rotatable bonds is 6. The number of anilines is 1. The lowest BCUT2D eigenvalue weighted by molar-refractivity contribution is 0.0526. The molecule has 0 saturated carbocycles. The van der Waals surface area contributed by atoms with E-state index >= 15 is 0 Å². The van der Waals surface area contributed by atoms with Gasteiger partial charge in [0.25, 0.3) is 0 Å². The fraction of sp³-hybridized carbons (Fsp3) is 0.304. The minimum atomic E-state index is -0.394. The Bertz CT molecular complexity index is 1040. The molecule has 1 aromatic carbocycles. The molecule has 3 heterocycles. The second-order valence-electron chi connectivity index (χ2n) is 7.19.